The van der Waals surface area contributed by atoms with Crippen molar-refractivity contribution >= 4 is 28.8 Å². The van der Waals surface area contributed by atoms with Gasteiger partial charge in [-0.2, -0.15) is 5.26 Å². The molecule has 0 fully saturated rings. The molecule has 2 aromatic rings. The number of hydrogen-bond donors (Lipinski definition) is 1. The Hall–Kier alpha value is -3.59. The maximum Gasteiger partial charge on any atom is 0.267 e. The van der Waals surface area contributed by atoms with Gasteiger partial charge >= 0.3 is 0 Å². The van der Waals surface area contributed by atoms with Gasteiger partial charge in [-0.05, 0) is 25.1 Å². The van der Waals surface area contributed by atoms with Crippen molar-refractivity contribution in [1.82, 2.24) is 0 Å². The number of nitrogens with zero attached hydrogens (tertiary/aromatic N) is 2. The average molecular weight is 347 g/mol. The second-order valence-corrected chi connectivity index (χ2v) is 5.58. The lowest BCUT2D eigenvalue weighted by Gasteiger charge is -2.13. The van der Waals surface area contributed by atoms with Crippen LogP contribution in [0.5, 0.6) is 5.75 Å². The van der Waals surface area contributed by atoms with E-state index in [0.29, 0.717) is 29.2 Å². The predicted molar refractivity (Wildman–Crippen MR) is 98.6 cm³/mol. The number of carbonyl (C=O) groups excluding carboxylic acids is 2. The number of hydrogen-bond acceptors (Lipinski definition) is 4. The Morgan fingerprint density at radius 3 is 2.58 bits per heavy atom. The molecule has 1 aliphatic heterocycles. The highest BCUT2D eigenvalue weighted by atomic mass is 16.5. The highest BCUT2D eigenvalue weighted by Gasteiger charge is 2.35. The minimum absolute atomic E-state index is 0.123. The van der Waals surface area contributed by atoms with Crippen molar-refractivity contribution in [3.05, 3.63) is 59.7 Å². The van der Waals surface area contributed by atoms with Crippen LogP contribution in [0, 0.1) is 11.3 Å². The summed E-state index contributed by atoms with van der Waals surface area (Å²) in [4.78, 5) is 27.1. The Bertz CT molecular complexity index is 957. The normalized spacial score (nSPS) is 14.5. The van der Waals surface area contributed by atoms with Crippen molar-refractivity contribution in [2.24, 2.45) is 0 Å². The van der Waals surface area contributed by atoms with Gasteiger partial charge in [-0.15, -0.1) is 0 Å². The van der Waals surface area contributed by atoms with Crippen molar-refractivity contribution in [2.45, 2.75) is 6.92 Å². The standard InChI is InChI=1S/C20H17N3O3/c1-3-23-16-10-6-4-8-13(16)18(20(23)25)14(12-21)19(24)22-15-9-5-7-11-17(15)26-2/h4-11H,3H2,1-2H3,(H,22,24)/b18-14+. The summed E-state index contributed by atoms with van der Waals surface area (Å²) in [6.07, 6.45) is 0. The van der Waals surface area contributed by atoms with Crippen LogP contribution in [0.25, 0.3) is 5.57 Å². The summed E-state index contributed by atoms with van der Waals surface area (Å²) in [7, 11) is 1.49. The largest absolute Gasteiger partial charge is 0.495 e. The van der Waals surface area contributed by atoms with Crippen LogP contribution < -0.4 is 15.0 Å². The Morgan fingerprint density at radius 1 is 1.19 bits per heavy atom. The maximum atomic E-state index is 12.8. The first kappa shape index (κ1) is 17.2. The topological polar surface area (TPSA) is 82.4 Å². The highest BCUT2D eigenvalue weighted by Crippen LogP contribution is 2.38. The molecule has 1 N–H and O–H groups in total. The molecule has 0 spiro atoms. The lowest BCUT2D eigenvalue weighted by Crippen LogP contribution is -2.27. The first-order valence-corrected chi connectivity index (χ1v) is 8.12. The quantitative estimate of drug-likeness (QED) is 0.681. The Morgan fingerprint density at radius 2 is 1.88 bits per heavy atom. The van der Waals surface area contributed by atoms with Gasteiger partial charge in [0, 0.05) is 12.1 Å². The summed E-state index contributed by atoms with van der Waals surface area (Å²) < 4.78 is 5.21. The van der Waals surface area contributed by atoms with Crippen molar-refractivity contribution in [2.75, 3.05) is 23.9 Å². The molecule has 0 aromatic heterocycles. The van der Waals surface area contributed by atoms with E-state index in [4.69, 9.17) is 4.74 Å². The number of benzene rings is 2. The monoisotopic (exact) mass is 347 g/mol. The van der Waals surface area contributed by atoms with Crippen LogP contribution in [0.4, 0.5) is 11.4 Å². The van der Waals surface area contributed by atoms with Crippen molar-refractivity contribution in [3.8, 4) is 11.8 Å². The van der Waals surface area contributed by atoms with E-state index in [2.05, 4.69) is 5.32 Å². The summed E-state index contributed by atoms with van der Waals surface area (Å²) in [5, 5.41) is 12.3. The molecule has 3 rings (SSSR count). The number of fused-ring (bicyclic) bond motifs is 1. The zero-order valence-corrected chi connectivity index (χ0v) is 14.4. The number of nitrogens with one attached hydrogen (secondary N) is 1. The molecule has 6 heteroatoms. The van der Waals surface area contributed by atoms with E-state index in [-0.39, 0.29) is 17.1 Å². The number of nitriles is 1. The number of rotatable bonds is 4. The van der Waals surface area contributed by atoms with E-state index >= 15 is 0 Å². The van der Waals surface area contributed by atoms with Gasteiger partial charge in [-0.25, -0.2) is 0 Å². The maximum absolute atomic E-state index is 12.8. The second-order valence-electron chi connectivity index (χ2n) is 5.58. The molecule has 0 atom stereocenters. The average Bonchev–Trinajstić information content (AvgIpc) is 2.94. The van der Waals surface area contributed by atoms with Gasteiger partial charge in [0.15, 0.2) is 0 Å². The van der Waals surface area contributed by atoms with Gasteiger partial charge in [0.1, 0.15) is 17.4 Å². The third-order valence-electron chi connectivity index (χ3n) is 4.18. The van der Waals surface area contributed by atoms with Crippen molar-refractivity contribution in [1.29, 1.82) is 5.26 Å². The number of anilines is 2. The zero-order chi connectivity index (χ0) is 18.7. The van der Waals surface area contributed by atoms with Crippen LogP contribution in [-0.4, -0.2) is 25.5 Å². The molecule has 0 radical (unpaired) electrons. The number of amides is 2. The minimum atomic E-state index is -0.645. The molecule has 0 aliphatic carbocycles. The van der Waals surface area contributed by atoms with Gasteiger partial charge in [0.25, 0.3) is 11.8 Å². The summed E-state index contributed by atoms with van der Waals surface area (Å²) in [6, 6.07) is 15.9. The molecule has 26 heavy (non-hydrogen) atoms. The number of para-hydroxylation sites is 3. The lowest BCUT2D eigenvalue weighted by atomic mass is 10.0. The van der Waals surface area contributed by atoms with E-state index in [9.17, 15) is 14.9 Å². The number of likely N-dealkylation sites (N-methyl/N-ethyl adjacent to an activating group) is 1. The van der Waals surface area contributed by atoms with Crippen LogP contribution >= 0.6 is 0 Å². The van der Waals surface area contributed by atoms with Gasteiger partial charge in [0.05, 0.1) is 24.1 Å². The molecule has 130 valence electrons. The summed E-state index contributed by atoms with van der Waals surface area (Å²) in [5.74, 6) is -0.523. The highest BCUT2D eigenvalue weighted by molar-refractivity contribution is 6.37. The van der Waals surface area contributed by atoms with Crippen molar-refractivity contribution < 1.29 is 14.3 Å². The second kappa shape index (κ2) is 7.11. The van der Waals surface area contributed by atoms with E-state index in [1.54, 1.807) is 47.4 Å². The van der Waals surface area contributed by atoms with E-state index in [1.807, 2.05) is 19.1 Å². The molecule has 2 amide bonds. The fourth-order valence-electron chi connectivity index (χ4n) is 2.99. The third kappa shape index (κ3) is 2.80. The van der Waals surface area contributed by atoms with Crippen LogP contribution in [0.3, 0.4) is 0 Å². The number of carbonyl (C=O) groups is 2. The van der Waals surface area contributed by atoms with E-state index in [1.165, 1.54) is 7.11 Å². The van der Waals surface area contributed by atoms with Crippen molar-refractivity contribution in [3.63, 3.8) is 0 Å². The fourth-order valence-corrected chi connectivity index (χ4v) is 2.99. The van der Waals surface area contributed by atoms with Crippen LogP contribution in [0.1, 0.15) is 12.5 Å². The molecule has 0 saturated carbocycles. The first-order valence-electron chi connectivity index (χ1n) is 8.12. The van der Waals surface area contributed by atoms with E-state index in [0.717, 1.165) is 0 Å². The first-order chi connectivity index (χ1) is 12.6. The smallest absolute Gasteiger partial charge is 0.267 e. The number of methoxy groups -OCH3 is 1. The fraction of sp³-hybridized carbons (Fsp3) is 0.150. The minimum Gasteiger partial charge on any atom is -0.495 e. The SMILES string of the molecule is CCN1C(=O)/C(=C(\C#N)C(=O)Nc2ccccc2OC)c2ccccc21. The van der Waals surface area contributed by atoms with Crippen LogP contribution in [-0.2, 0) is 9.59 Å². The summed E-state index contributed by atoms with van der Waals surface area (Å²) in [5.41, 5.74) is 1.63. The molecule has 0 unspecified atom stereocenters. The Kier molecular flexibility index (Phi) is 4.72. The van der Waals surface area contributed by atoms with Gasteiger partial charge in [0.2, 0.25) is 0 Å². The summed E-state index contributed by atoms with van der Waals surface area (Å²) >= 11 is 0. The predicted octanol–water partition coefficient (Wildman–Crippen LogP) is 2.98. The van der Waals surface area contributed by atoms with Gasteiger partial charge < -0.3 is 15.0 Å². The molecular formula is C20H17N3O3. The molecule has 1 aliphatic rings. The Labute approximate surface area is 151 Å². The molecule has 2 aromatic carbocycles. The van der Waals surface area contributed by atoms with Gasteiger partial charge in [-0.3, -0.25) is 9.59 Å². The lowest BCUT2D eigenvalue weighted by molar-refractivity contribution is -0.114. The third-order valence-corrected chi connectivity index (χ3v) is 4.18. The van der Waals surface area contributed by atoms with Crippen LogP contribution in [0.2, 0.25) is 0 Å². The molecular weight excluding hydrogens is 330 g/mol. The molecule has 0 bridgehead atoms. The Balaban J connectivity index is 2.06. The van der Waals surface area contributed by atoms with E-state index < -0.39 is 5.91 Å². The molecule has 6 nitrogen and oxygen atoms in total. The summed E-state index contributed by atoms with van der Waals surface area (Å²) in [6.45, 7) is 2.30. The molecule has 1 heterocycles. The van der Waals surface area contributed by atoms with Crippen LogP contribution in [0.15, 0.2) is 54.1 Å². The molecule has 0 saturated heterocycles. The van der Waals surface area contributed by atoms with Gasteiger partial charge in [-0.1, -0.05) is 30.3 Å². The number of ether oxygens (including phenoxy) is 1. The zero-order valence-electron chi connectivity index (χ0n) is 14.4.